The maximum atomic E-state index is 13.0. The molecule has 8 heteroatoms. The second-order valence-electron chi connectivity index (χ2n) is 3.62. The highest BCUT2D eigenvalue weighted by Gasteiger charge is 2.14. The molecule has 18 heavy (non-hydrogen) atoms. The van der Waals surface area contributed by atoms with E-state index in [9.17, 15) is 13.6 Å². The predicted octanol–water partition coefficient (Wildman–Crippen LogP) is 0.286. The highest BCUT2D eigenvalue weighted by atomic mass is 19.1. The van der Waals surface area contributed by atoms with E-state index in [1.165, 1.54) is 0 Å². The van der Waals surface area contributed by atoms with Crippen molar-refractivity contribution in [2.45, 2.75) is 6.54 Å². The van der Waals surface area contributed by atoms with Crippen molar-refractivity contribution >= 4 is 11.7 Å². The average molecular weight is 253 g/mol. The molecule has 0 unspecified atom stereocenters. The van der Waals surface area contributed by atoms with Gasteiger partial charge in [0.2, 0.25) is 0 Å². The Morgan fingerprint density at radius 3 is 2.39 bits per heavy atom. The summed E-state index contributed by atoms with van der Waals surface area (Å²) in [5, 5.41) is 7.07. The first kappa shape index (κ1) is 12.0. The Morgan fingerprint density at radius 1 is 1.28 bits per heavy atom. The summed E-state index contributed by atoms with van der Waals surface area (Å²) in [6, 6.07) is 3.02. The van der Waals surface area contributed by atoms with Crippen LogP contribution in [-0.2, 0) is 6.54 Å². The Labute approximate surface area is 100 Å². The number of hydrogen-bond acceptors (Lipinski definition) is 4. The molecule has 2 rings (SSSR count). The monoisotopic (exact) mass is 253 g/mol. The quantitative estimate of drug-likeness (QED) is 0.820. The van der Waals surface area contributed by atoms with Crippen LogP contribution in [0.5, 0.6) is 0 Å². The highest BCUT2D eigenvalue weighted by molar-refractivity contribution is 5.94. The molecule has 0 fully saturated rings. The van der Waals surface area contributed by atoms with Crippen LogP contribution in [0.1, 0.15) is 16.1 Å². The minimum absolute atomic E-state index is 0.0131. The topological polar surface area (TPSA) is 99.8 Å². The molecular formula is C10H9F2N5O. The number of benzene rings is 1. The van der Waals surface area contributed by atoms with Crippen molar-refractivity contribution in [3.8, 4) is 0 Å². The Bertz CT molecular complexity index is 590. The van der Waals surface area contributed by atoms with Gasteiger partial charge >= 0.3 is 0 Å². The molecule has 0 aliphatic carbocycles. The lowest BCUT2D eigenvalue weighted by atomic mass is 10.2. The van der Waals surface area contributed by atoms with E-state index in [1.54, 1.807) is 0 Å². The van der Waals surface area contributed by atoms with Crippen molar-refractivity contribution in [1.82, 2.24) is 15.0 Å². The summed E-state index contributed by atoms with van der Waals surface area (Å²) in [6.07, 6.45) is 0. The third kappa shape index (κ3) is 2.26. The van der Waals surface area contributed by atoms with Gasteiger partial charge in [-0.2, -0.15) is 0 Å². The largest absolute Gasteiger partial charge is 0.382 e. The van der Waals surface area contributed by atoms with Crippen LogP contribution in [0.25, 0.3) is 0 Å². The number of nitrogen functional groups attached to an aromatic ring is 1. The number of nitrogens with zero attached hydrogens (tertiary/aromatic N) is 3. The fourth-order valence-corrected chi connectivity index (χ4v) is 1.49. The first-order valence-electron chi connectivity index (χ1n) is 4.91. The van der Waals surface area contributed by atoms with E-state index < -0.39 is 17.5 Å². The molecule has 0 spiro atoms. The van der Waals surface area contributed by atoms with E-state index in [0.29, 0.717) is 5.56 Å². The molecule has 1 aromatic heterocycles. The lowest BCUT2D eigenvalue weighted by Crippen LogP contribution is -2.15. The van der Waals surface area contributed by atoms with Crippen molar-refractivity contribution < 1.29 is 13.6 Å². The van der Waals surface area contributed by atoms with Gasteiger partial charge in [0.25, 0.3) is 5.91 Å². The normalized spacial score (nSPS) is 10.6. The number of amides is 1. The number of halogens is 2. The van der Waals surface area contributed by atoms with E-state index in [4.69, 9.17) is 11.5 Å². The molecule has 2 aromatic rings. The van der Waals surface area contributed by atoms with Gasteiger partial charge in [-0.1, -0.05) is 5.21 Å². The highest BCUT2D eigenvalue weighted by Crippen LogP contribution is 2.13. The van der Waals surface area contributed by atoms with E-state index in [2.05, 4.69) is 10.3 Å². The van der Waals surface area contributed by atoms with E-state index in [1.807, 2.05) is 0 Å². The Hall–Kier alpha value is -2.51. The summed E-state index contributed by atoms with van der Waals surface area (Å²) in [6.45, 7) is -0.0131. The fourth-order valence-electron chi connectivity index (χ4n) is 1.49. The number of carbonyl (C=O) groups is 1. The van der Waals surface area contributed by atoms with Crippen LogP contribution < -0.4 is 11.5 Å². The van der Waals surface area contributed by atoms with Gasteiger partial charge in [-0.3, -0.25) is 4.79 Å². The molecule has 0 saturated carbocycles. The van der Waals surface area contributed by atoms with Gasteiger partial charge in [0, 0.05) is 6.07 Å². The van der Waals surface area contributed by atoms with Gasteiger partial charge < -0.3 is 11.5 Å². The molecule has 1 amide bonds. The number of carbonyl (C=O) groups excluding carboxylic acids is 1. The summed E-state index contributed by atoms with van der Waals surface area (Å²) in [5.41, 5.74) is 10.7. The number of primary amides is 1. The minimum atomic E-state index is -0.816. The summed E-state index contributed by atoms with van der Waals surface area (Å²) >= 11 is 0. The average Bonchev–Trinajstić information content (AvgIpc) is 2.59. The van der Waals surface area contributed by atoms with Gasteiger partial charge in [-0.15, -0.1) is 5.10 Å². The molecule has 0 atom stereocenters. The van der Waals surface area contributed by atoms with Crippen LogP contribution in [-0.4, -0.2) is 20.9 Å². The zero-order valence-electron chi connectivity index (χ0n) is 9.10. The molecule has 0 aliphatic heterocycles. The van der Waals surface area contributed by atoms with Crippen molar-refractivity contribution in [3.05, 3.63) is 41.1 Å². The van der Waals surface area contributed by atoms with Crippen molar-refractivity contribution in [3.63, 3.8) is 0 Å². The smallest absolute Gasteiger partial charge is 0.273 e. The lowest BCUT2D eigenvalue weighted by Gasteiger charge is -2.04. The van der Waals surface area contributed by atoms with Crippen LogP contribution in [0.4, 0.5) is 14.6 Å². The van der Waals surface area contributed by atoms with Gasteiger partial charge in [-0.05, 0) is 17.7 Å². The molecule has 1 heterocycles. The van der Waals surface area contributed by atoms with Crippen LogP contribution in [0.2, 0.25) is 0 Å². The summed E-state index contributed by atoms with van der Waals surface area (Å²) < 4.78 is 27.1. The number of anilines is 1. The summed E-state index contributed by atoms with van der Waals surface area (Å²) in [4.78, 5) is 10.9. The zero-order valence-corrected chi connectivity index (χ0v) is 9.10. The molecular weight excluding hydrogens is 244 g/mol. The fraction of sp³-hybridized carbons (Fsp3) is 0.100. The standard InChI is InChI=1S/C10H9F2N5O/c11-6-1-5(2-7(12)3-6)4-17-9(13)8(10(14)18)15-16-17/h1-3H,4,13H2,(H2,14,18). The SMILES string of the molecule is NC(=O)c1nnn(Cc2cc(F)cc(F)c2)c1N. The number of hydrogen-bond donors (Lipinski definition) is 2. The summed E-state index contributed by atoms with van der Waals surface area (Å²) in [5.74, 6) is -2.28. The van der Waals surface area contributed by atoms with Gasteiger partial charge in [0.05, 0.1) is 6.54 Å². The first-order valence-corrected chi connectivity index (χ1v) is 4.91. The zero-order chi connectivity index (χ0) is 13.3. The number of aromatic nitrogens is 3. The van der Waals surface area contributed by atoms with E-state index in [-0.39, 0.29) is 18.1 Å². The van der Waals surface area contributed by atoms with Crippen LogP contribution >= 0.6 is 0 Å². The van der Waals surface area contributed by atoms with E-state index >= 15 is 0 Å². The molecule has 0 saturated heterocycles. The van der Waals surface area contributed by atoms with Gasteiger partial charge in [0.15, 0.2) is 11.5 Å². The molecule has 0 radical (unpaired) electrons. The molecule has 0 bridgehead atoms. The molecule has 4 N–H and O–H groups in total. The Morgan fingerprint density at radius 2 is 1.89 bits per heavy atom. The first-order chi connectivity index (χ1) is 8.47. The minimum Gasteiger partial charge on any atom is -0.382 e. The van der Waals surface area contributed by atoms with Crippen molar-refractivity contribution in [2.75, 3.05) is 5.73 Å². The molecule has 1 aromatic carbocycles. The summed E-state index contributed by atoms with van der Waals surface area (Å²) in [7, 11) is 0. The number of nitrogens with two attached hydrogens (primary N) is 2. The van der Waals surface area contributed by atoms with Crippen molar-refractivity contribution in [1.29, 1.82) is 0 Å². The van der Waals surface area contributed by atoms with Crippen LogP contribution in [0, 0.1) is 11.6 Å². The predicted molar refractivity (Wildman–Crippen MR) is 58.4 cm³/mol. The van der Waals surface area contributed by atoms with Gasteiger partial charge in [-0.25, -0.2) is 13.5 Å². The Kier molecular flexibility index (Phi) is 2.92. The lowest BCUT2D eigenvalue weighted by molar-refractivity contribution is 0.0996. The third-order valence-electron chi connectivity index (χ3n) is 2.26. The third-order valence-corrected chi connectivity index (χ3v) is 2.26. The molecule has 0 aliphatic rings. The number of rotatable bonds is 3. The molecule has 6 nitrogen and oxygen atoms in total. The van der Waals surface area contributed by atoms with Crippen LogP contribution in [0.3, 0.4) is 0 Å². The maximum absolute atomic E-state index is 13.0. The van der Waals surface area contributed by atoms with E-state index in [0.717, 1.165) is 22.9 Å². The second kappa shape index (κ2) is 4.40. The second-order valence-corrected chi connectivity index (χ2v) is 3.62. The Balaban J connectivity index is 2.31. The van der Waals surface area contributed by atoms with Crippen LogP contribution in [0.15, 0.2) is 18.2 Å². The molecule has 94 valence electrons. The maximum Gasteiger partial charge on any atom is 0.273 e. The van der Waals surface area contributed by atoms with Crippen molar-refractivity contribution in [2.24, 2.45) is 5.73 Å². The van der Waals surface area contributed by atoms with Gasteiger partial charge in [0.1, 0.15) is 11.6 Å².